The summed E-state index contributed by atoms with van der Waals surface area (Å²) in [6.45, 7) is 7.37. The van der Waals surface area contributed by atoms with Crippen LogP contribution in [-0.2, 0) is 11.3 Å². The lowest BCUT2D eigenvalue weighted by molar-refractivity contribution is -0.134. The number of carbonyl (C=O) groups excluding carboxylic acids is 1. The van der Waals surface area contributed by atoms with E-state index in [1.807, 2.05) is 11.9 Å². The Balaban J connectivity index is 1.41. The Morgan fingerprint density at radius 2 is 2.09 bits per heavy atom. The Labute approximate surface area is 143 Å². The summed E-state index contributed by atoms with van der Waals surface area (Å²) in [7, 11) is 2.02. The van der Waals surface area contributed by atoms with Crippen LogP contribution in [-0.4, -0.2) is 79.5 Å². The number of piperidine rings is 1. The predicted molar refractivity (Wildman–Crippen MR) is 94.7 cm³/mol. The third-order valence-electron chi connectivity index (χ3n) is 4.98. The largest absolute Gasteiger partial charge is 0.339 e. The van der Waals surface area contributed by atoms with Crippen LogP contribution in [0.25, 0.3) is 0 Å². The molecule has 2 fully saturated rings. The highest BCUT2D eigenvalue weighted by Crippen LogP contribution is 2.13. The number of hydrogen-bond donors (Lipinski definition) is 1. The number of nitrogens with one attached hydrogen (secondary N) is 1. The molecule has 1 unspecified atom stereocenters. The zero-order valence-corrected chi connectivity index (χ0v) is 14.9. The van der Waals surface area contributed by atoms with Gasteiger partial charge in [0.2, 0.25) is 5.91 Å². The highest BCUT2D eigenvalue weighted by molar-refractivity contribution is 7.07. The van der Waals surface area contributed by atoms with E-state index in [1.54, 1.807) is 11.3 Å². The molecule has 2 saturated heterocycles. The highest BCUT2D eigenvalue weighted by atomic mass is 32.1. The fourth-order valence-corrected chi connectivity index (χ4v) is 4.18. The number of likely N-dealkylation sites (tertiary alicyclic amines) is 1. The van der Waals surface area contributed by atoms with Crippen LogP contribution in [0.1, 0.15) is 18.4 Å². The fourth-order valence-electron chi connectivity index (χ4n) is 3.52. The minimum Gasteiger partial charge on any atom is -0.339 e. The van der Waals surface area contributed by atoms with E-state index in [4.69, 9.17) is 0 Å². The molecule has 0 spiro atoms. The molecule has 2 aliphatic heterocycles. The maximum Gasteiger partial charge on any atom is 0.236 e. The molecule has 0 aromatic carbocycles. The van der Waals surface area contributed by atoms with Gasteiger partial charge in [0, 0.05) is 45.3 Å². The quantitative estimate of drug-likeness (QED) is 0.873. The van der Waals surface area contributed by atoms with Crippen molar-refractivity contribution in [2.75, 3.05) is 52.9 Å². The normalized spacial score (nSPS) is 24.0. The molecule has 3 heterocycles. The summed E-state index contributed by atoms with van der Waals surface area (Å²) in [6, 6.07) is 2.73. The maximum atomic E-state index is 12.5. The average molecular weight is 337 g/mol. The fraction of sp³-hybridized carbons (Fsp3) is 0.706. The van der Waals surface area contributed by atoms with Crippen LogP contribution in [0.4, 0.5) is 0 Å². The molecule has 5 nitrogen and oxygen atoms in total. The van der Waals surface area contributed by atoms with Gasteiger partial charge in [-0.15, -0.1) is 0 Å². The Bertz CT molecular complexity index is 485. The zero-order valence-electron chi connectivity index (χ0n) is 14.0. The molecule has 0 saturated carbocycles. The van der Waals surface area contributed by atoms with Crippen LogP contribution in [0.15, 0.2) is 16.8 Å². The lowest BCUT2D eigenvalue weighted by Gasteiger charge is -2.37. The van der Waals surface area contributed by atoms with Gasteiger partial charge < -0.3 is 10.2 Å². The Morgan fingerprint density at radius 3 is 2.78 bits per heavy atom. The van der Waals surface area contributed by atoms with Crippen LogP contribution < -0.4 is 5.32 Å². The molecule has 1 atom stereocenters. The zero-order chi connectivity index (χ0) is 16.1. The van der Waals surface area contributed by atoms with Gasteiger partial charge in [0.25, 0.3) is 0 Å². The Morgan fingerprint density at radius 1 is 1.26 bits per heavy atom. The van der Waals surface area contributed by atoms with Crippen molar-refractivity contribution in [3.8, 4) is 0 Å². The van der Waals surface area contributed by atoms with Crippen molar-refractivity contribution in [1.29, 1.82) is 0 Å². The van der Waals surface area contributed by atoms with E-state index >= 15 is 0 Å². The highest BCUT2D eigenvalue weighted by Gasteiger charge is 2.25. The van der Waals surface area contributed by atoms with Crippen molar-refractivity contribution < 1.29 is 4.79 Å². The van der Waals surface area contributed by atoms with E-state index in [-0.39, 0.29) is 0 Å². The van der Waals surface area contributed by atoms with Gasteiger partial charge >= 0.3 is 0 Å². The van der Waals surface area contributed by atoms with Crippen molar-refractivity contribution >= 4 is 17.2 Å². The van der Waals surface area contributed by atoms with Gasteiger partial charge in [-0.2, -0.15) is 11.3 Å². The lowest BCUT2D eigenvalue weighted by atomic mass is 10.1. The molecule has 1 amide bonds. The predicted octanol–water partition coefficient (Wildman–Crippen LogP) is 1.08. The van der Waals surface area contributed by atoms with E-state index in [1.165, 1.54) is 18.4 Å². The molecule has 1 N–H and O–H groups in total. The average Bonchev–Trinajstić information content (AvgIpc) is 3.08. The second-order valence-electron chi connectivity index (χ2n) is 6.65. The molecule has 23 heavy (non-hydrogen) atoms. The first-order valence-corrected chi connectivity index (χ1v) is 9.59. The summed E-state index contributed by atoms with van der Waals surface area (Å²) in [5, 5.41) is 7.69. The lowest BCUT2D eigenvalue weighted by Crippen LogP contribution is -2.53. The second kappa shape index (κ2) is 8.24. The molecule has 0 radical (unpaired) electrons. The third-order valence-corrected chi connectivity index (χ3v) is 5.72. The van der Waals surface area contributed by atoms with Gasteiger partial charge in [-0.05, 0) is 48.8 Å². The number of amides is 1. The van der Waals surface area contributed by atoms with Gasteiger partial charge in [-0.1, -0.05) is 0 Å². The molecule has 0 bridgehead atoms. The maximum absolute atomic E-state index is 12.5. The third kappa shape index (κ3) is 4.76. The molecule has 3 rings (SSSR count). The molecular formula is C17H28N4OS. The molecule has 6 heteroatoms. The first-order chi connectivity index (χ1) is 11.2. The number of hydrogen-bond acceptors (Lipinski definition) is 5. The van der Waals surface area contributed by atoms with E-state index in [9.17, 15) is 4.79 Å². The van der Waals surface area contributed by atoms with E-state index in [0.717, 1.165) is 45.8 Å². The molecule has 0 aliphatic carbocycles. The summed E-state index contributed by atoms with van der Waals surface area (Å²) >= 11 is 1.75. The van der Waals surface area contributed by atoms with E-state index in [2.05, 4.69) is 31.9 Å². The van der Waals surface area contributed by atoms with Gasteiger partial charge in [0.15, 0.2) is 0 Å². The molecular weight excluding hydrogens is 308 g/mol. The number of piperazine rings is 1. The summed E-state index contributed by atoms with van der Waals surface area (Å²) < 4.78 is 0. The molecule has 1 aromatic heterocycles. The minimum atomic E-state index is 0.303. The van der Waals surface area contributed by atoms with Gasteiger partial charge in [-0.25, -0.2) is 0 Å². The summed E-state index contributed by atoms with van der Waals surface area (Å²) in [5.74, 6) is 0.303. The Kier molecular flexibility index (Phi) is 6.05. The minimum absolute atomic E-state index is 0.303. The van der Waals surface area contributed by atoms with Crippen LogP contribution in [0.2, 0.25) is 0 Å². The van der Waals surface area contributed by atoms with Crippen molar-refractivity contribution in [2.45, 2.75) is 25.4 Å². The smallest absolute Gasteiger partial charge is 0.236 e. The van der Waals surface area contributed by atoms with E-state index < -0.39 is 0 Å². The van der Waals surface area contributed by atoms with Crippen molar-refractivity contribution in [1.82, 2.24) is 20.0 Å². The van der Waals surface area contributed by atoms with Crippen LogP contribution >= 0.6 is 11.3 Å². The number of nitrogens with zero attached hydrogens (tertiary/aromatic N) is 3. The summed E-state index contributed by atoms with van der Waals surface area (Å²) in [5.41, 5.74) is 1.39. The first-order valence-electron chi connectivity index (χ1n) is 8.65. The van der Waals surface area contributed by atoms with E-state index in [0.29, 0.717) is 18.5 Å². The number of rotatable bonds is 5. The number of carbonyl (C=O) groups is 1. The first kappa shape index (κ1) is 16.9. The van der Waals surface area contributed by atoms with Crippen molar-refractivity contribution in [3.63, 3.8) is 0 Å². The van der Waals surface area contributed by atoms with Gasteiger partial charge in [0.05, 0.1) is 6.54 Å². The van der Waals surface area contributed by atoms with Gasteiger partial charge in [-0.3, -0.25) is 14.6 Å². The summed E-state index contributed by atoms with van der Waals surface area (Å²) in [4.78, 5) is 19.3. The van der Waals surface area contributed by atoms with Crippen LogP contribution in [0.5, 0.6) is 0 Å². The second-order valence-corrected chi connectivity index (χ2v) is 7.43. The van der Waals surface area contributed by atoms with Gasteiger partial charge in [0.1, 0.15) is 0 Å². The summed E-state index contributed by atoms with van der Waals surface area (Å²) in [6.07, 6.45) is 2.41. The van der Waals surface area contributed by atoms with Crippen LogP contribution in [0.3, 0.4) is 0 Å². The number of likely N-dealkylation sites (N-methyl/N-ethyl adjacent to an activating group) is 1. The van der Waals surface area contributed by atoms with Crippen molar-refractivity contribution in [3.05, 3.63) is 22.4 Å². The SMILES string of the molecule is CNC1CCCN(CC(=O)N2CCN(Cc3ccsc3)CC2)C1. The number of thiophene rings is 1. The monoisotopic (exact) mass is 336 g/mol. The Hall–Kier alpha value is -0.950. The topological polar surface area (TPSA) is 38.8 Å². The van der Waals surface area contributed by atoms with Crippen LogP contribution in [0, 0.1) is 0 Å². The van der Waals surface area contributed by atoms with Crippen molar-refractivity contribution in [2.24, 2.45) is 0 Å². The molecule has 1 aromatic rings. The molecule has 128 valence electrons. The standard InChI is InChI=1S/C17H28N4OS/c1-18-16-3-2-5-20(12-16)13-17(22)21-8-6-19(7-9-21)11-15-4-10-23-14-15/h4,10,14,16,18H,2-3,5-9,11-13H2,1H3. The molecule has 2 aliphatic rings.